The van der Waals surface area contributed by atoms with Crippen molar-refractivity contribution in [1.82, 2.24) is 4.98 Å². The van der Waals surface area contributed by atoms with Gasteiger partial charge in [-0.25, -0.2) is 13.8 Å². The molecule has 33 heavy (non-hydrogen) atoms. The predicted octanol–water partition coefficient (Wildman–Crippen LogP) is 4.42. The van der Waals surface area contributed by atoms with Gasteiger partial charge in [-0.2, -0.15) is 0 Å². The van der Waals surface area contributed by atoms with Crippen LogP contribution in [0.1, 0.15) is 18.4 Å². The number of amides is 1. The second-order valence-corrected chi connectivity index (χ2v) is 7.45. The topological polar surface area (TPSA) is 110 Å². The van der Waals surface area contributed by atoms with E-state index in [9.17, 15) is 18.4 Å². The summed E-state index contributed by atoms with van der Waals surface area (Å²) in [6, 6.07) is 13.2. The smallest absolute Gasteiger partial charge is 0.321 e. The number of hydrogen-bond acceptors (Lipinski definition) is 7. The van der Waals surface area contributed by atoms with E-state index >= 15 is 0 Å². The summed E-state index contributed by atoms with van der Waals surface area (Å²) in [5.74, 6) is -3.68. The van der Waals surface area contributed by atoms with E-state index < -0.39 is 40.4 Å². The molecule has 170 valence electrons. The molecule has 0 unspecified atom stereocenters. The molecule has 0 atom stereocenters. The first-order valence-corrected chi connectivity index (χ1v) is 9.97. The molecule has 0 bridgehead atoms. The van der Waals surface area contributed by atoms with Crippen LogP contribution in [-0.2, 0) is 20.9 Å². The lowest BCUT2D eigenvalue weighted by molar-refractivity contribution is -0.154. The standard InChI is InChI=1S/C23H19F2N3O5/c24-16-12-19(33-15-6-9-26-20(10-15)28-31)17(25)11-18(16)27-21(29)23(7-8-23)22(30)32-13-14-4-2-1-3-5-14/h1-6,9-12,31H,7-8,13H2,(H,26,28)(H,27,29). The van der Waals surface area contributed by atoms with Crippen LogP contribution >= 0.6 is 0 Å². The Bertz CT molecular complexity index is 1190. The number of carbonyl (C=O) groups excluding carboxylic acids is 2. The summed E-state index contributed by atoms with van der Waals surface area (Å²) in [5, 5.41) is 11.2. The van der Waals surface area contributed by atoms with Crippen molar-refractivity contribution in [3.05, 3.63) is 78.0 Å². The van der Waals surface area contributed by atoms with Crippen LogP contribution < -0.4 is 15.5 Å². The summed E-state index contributed by atoms with van der Waals surface area (Å²) in [6.07, 6.45) is 1.80. The van der Waals surface area contributed by atoms with Crippen LogP contribution in [0.3, 0.4) is 0 Å². The minimum absolute atomic E-state index is 0.00620. The van der Waals surface area contributed by atoms with Gasteiger partial charge in [0, 0.05) is 24.4 Å². The molecule has 2 aromatic carbocycles. The molecule has 3 N–H and O–H groups in total. The number of aromatic nitrogens is 1. The van der Waals surface area contributed by atoms with Crippen LogP contribution in [0.25, 0.3) is 0 Å². The first kappa shape index (κ1) is 22.2. The van der Waals surface area contributed by atoms with Crippen LogP contribution in [0.5, 0.6) is 11.5 Å². The SMILES string of the molecule is O=C(Nc1cc(F)c(Oc2ccnc(NO)c2)cc1F)C1(C(=O)OCc2ccccc2)CC1. The van der Waals surface area contributed by atoms with Crippen molar-refractivity contribution < 1.29 is 33.1 Å². The zero-order valence-corrected chi connectivity index (χ0v) is 17.2. The first-order chi connectivity index (χ1) is 15.9. The molecule has 1 fully saturated rings. The van der Waals surface area contributed by atoms with Gasteiger partial charge >= 0.3 is 5.97 Å². The Kier molecular flexibility index (Phi) is 6.18. The van der Waals surface area contributed by atoms with Gasteiger partial charge in [-0.15, -0.1) is 0 Å². The highest BCUT2D eigenvalue weighted by molar-refractivity contribution is 6.11. The monoisotopic (exact) mass is 455 g/mol. The molecule has 1 heterocycles. The van der Waals surface area contributed by atoms with Crippen molar-refractivity contribution in [3.63, 3.8) is 0 Å². The van der Waals surface area contributed by atoms with Gasteiger partial charge < -0.3 is 14.8 Å². The number of esters is 1. The highest BCUT2D eigenvalue weighted by atomic mass is 19.1. The third-order valence-electron chi connectivity index (χ3n) is 5.13. The van der Waals surface area contributed by atoms with Crippen molar-refractivity contribution >= 4 is 23.4 Å². The number of carbonyl (C=O) groups is 2. The quantitative estimate of drug-likeness (QED) is 0.262. The third-order valence-corrected chi connectivity index (χ3v) is 5.13. The maximum Gasteiger partial charge on any atom is 0.321 e. The van der Waals surface area contributed by atoms with Gasteiger partial charge in [0.1, 0.15) is 17.8 Å². The van der Waals surface area contributed by atoms with Gasteiger partial charge in [0.25, 0.3) is 0 Å². The van der Waals surface area contributed by atoms with E-state index in [2.05, 4.69) is 10.3 Å². The molecule has 0 radical (unpaired) electrons. The molecular formula is C23H19F2N3O5. The summed E-state index contributed by atoms with van der Waals surface area (Å²) < 4.78 is 39.6. The summed E-state index contributed by atoms with van der Waals surface area (Å²) in [7, 11) is 0. The zero-order valence-electron chi connectivity index (χ0n) is 17.2. The zero-order chi connectivity index (χ0) is 23.4. The average Bonchev–Trinajstić information content (AvgIpc) is 3.64. The number of rotatable bonds is 8. The van der Waals surface area contributed by atoms with Crippen LogP contribution in [0.4, 0.5) is 20.3 Å². The fourth-order valence-corrected chi connectivity index (χ4v) is 3.12. The number of anilines is 2. The number of pyridine rings is 1. The normalized spacial score (nSPS) is 13.7. The Morgan fingerprint density at radius 1 is 1.06 bits per heavy atom. The predicted molar refractivity (Wildman–Crippen MR) is 113 cm³/mol. The van der Waals surface area contributed by atoms with Crippen LogP contribution in [0.15, 0.2) is 60.8 Å². The molecule has 4 rings (SSSR count). The fraction of sp³-hybridized carbons (Fsp3) is 0.174. The molecule has 0 aliphatic heterocycles. The highest BCUT2D eigenvalue weighted by Crippen LogP contribution is 2.48. The molecule has 1 aliphatic rings. The molecule has 1 saturated carbocycles. The fourth-order valence-electron chi connectivity index (χ4n) is 3.12. The Hall–Kier alpha value is -4.05. The molecule has 0 saturated heterocycles. The van der Waals surface area contributed by atoms with Crippen LogP contribution in [0, 0.1) is 17.0 Å². The minimum Gasteiger partial charge on any atom is -0.460 e. The number of nitrogens with one attached hydrogen (secondary N) is 2. The number of nitrogens with zero attached hydrogens (tertiary/aromatic N) is 1. The van der Waals surface area contributed by atoms with Gasteiger partial charge in [-0.3, -0.25) is 20.3 Å². The highest BCUT2D eigenvalue weighted by Gasteiger charge is 2.58. The summed E-state index contributed by atoms with van der Waals surface area (Å²) in [6.45, 7) is 0.00620. The first-order valence-electron chi connectivity index (χ1n) is 9.97. The van der Waals surface area contributed by atoms with E-state index in [1.54, 1.807) is 24.3 Å². The molecule has 3 aromatic rings. The largest absolute Gasteiger partial charge is 0.460 e. The molecule has 8 nitrogen and oxygen atoms in total. The third kappa shape index (κ3) is 4.90. The molecule has 0 spiro atoms. The van der Waals surface area contributed by atoms with E-state index in [4.69, 9.17) is 14.7 Å². The summed E-state index contributed by atoms with van der Waals surface area (Å²) in [5.41, 5.74) is 0.728. The number of halogens is 2. The second-order valence-electron chi connectivity index (χ2n) is 7.45. The minimum atomic E-state index is -1.42. The number of hydrogen-bond donors (Lipinski definition) is 3. The van der Waals surface area contributed by atoms with E-state index in [0.717, 1.165) is 17.7 Å². The molecule has 1 amide bonds. The van der Waals surface area contributed by atoms with Crippen molar-refractivity contribution in [2.24, 2.45) is 5.41 Å². The van der Waals surface area contributed by atoms with E-state index in [0.29, 0.717) is 0 Å². The second kappa shape index (κ2) is 9.21. The lowest BCUT2D eigenvalue weighted by atomic mass is 10.1. The van der Waals surface area contributed by atoms with Gasteiger partial charge in [0.2, 0.25) is 5.91 Å². The molecule has 1 aliphatic carbocycles. The Labute approximate surface area is 187 Å². The lowest BCUT2D eigenvalue weighted by Crippen LogP contribution is -2.33. The van der Waals surface area contributed by atoms with Crippen molar-refractivity contribution in [1.29, 1.82) is 0 Å². The van der Waals surface area contributed by atoms with Crippen molar-refractivity contribution in [2.45, 2.75) is 19.4 Å². The maximum absolute atomic E-state index is 14.6. The van der Waals surface area contributed by atoms with Gasteiger partial charge in [0.15, 0.2) is 23.2 Å². The van der Waals surface area contributed by atoms with Gasteiger partial charge in [0.05, 0.1) is 5.69 Å². The Morgan fingerprint density at radius 3 is 2.52 bits per heavy atom. The van der Waals surface area contributed by atoms with Crippen molar-refractivity contribution in [3.8, 4) is 11.5 Å². The molecule has 10 heteroatoms. The lowest BCUT2D eigenvalue weighted by Gasteiger charge is -2.16. The summed E-state index contributed by atoms with van der Waals surface area (Å²) in [4.78, 5) is 28.9. The van der Waals surface area contributed by atoms with E-state index in [-0.39, 0.29) is 31.0 Å². The van der Waals surface area contributed by atoms with Crippen LogP contribution in [-0.4, -0.2) is 22.1 Å². The molecular weight excluding hydrogens is 436 g/mol. The number of benzene rings is 2. The van der Waals surface area contributed by atoms with Gasteiger partial charge in [-0.1, -0.05) is 30.3 Å². The molecule has 1 aromatic heterocycles. The van der Waals surface area contributed by atoms with E-state index in [1.807, 2.05) is 11.5 Å². The van der Waals surface area contributed by atoms with Gasteiger partial charge in [-0.05, 0) is 24.5 Å². The Morgan fingerprint density at radius 2 is 1.82 bits per heavy atom. The van der Waals surface area contributed by atoms with Crippen LogP contribution in [0.2, 0.25) is 0 Å². The number of ether oxygens (including phenoxy) is 2. The Balaban J connectivity index is 1.43. The maximum atomic E-state index is 14.6. The summed E-state index contributed by atoms with van der Waals surface area (Å²) >= 11 is 0. The van der Waals surface area contributed by atoms with E-state index in [1.165, 1.54) is 18.3 Å². The average molecular weight is 455 g/mol. The van der Waals surface area contributed by atoms with Crippen molar-refractivity contribution in [2.75, 3.05) is 10.8 Å².